The third kappa shape index (κ3) is 31.3. The quantitative estimate of drug-likeness (QED) is 0.283. The minimum atomic E-state index is -2.17. The van der Waals surface area contributed by atoms with Crippen LogP contribution in [0.2, 0.25) is 0 Å². The SMILES string of the molecule is CC(C)N.CC(C)OC(=O)C(Cl)(Cl)Cl.O=C(O)C(Cl)(Cl)CCl.O=C(O)C(Cl)(Cl)Cl. The number of carbonyl (C=O) groups excluding carboxylic acids is 1. The first kappa shape index (κ1) is 37.3. The van der Waals surface area contributed by atoms with Crippen LogP contribution in [-0.4, -0.2) is 58.1 Å². The van der Waals surface area contributed by atoms with Gasteiger partial charge in [-0.2, -0.15) is 0 Å². The van der Waals surface area contributed by atoms with Crippen LogP contribution in [0.25, 0.3) is 0 Å². The summed E-state index contributed by atoms with van der Waals surface area (Å²) < 4.78 is -1.37. The molecule has 176 valence electrons. The standard InChI is InChI=1S/C5H7Cl3O2.C3H3Cl3O2.C3H9N.C2HCl3O2/c1-3(2)10-4(9)5(6,7)8;4-1-3(5,6)2(7)8;1-3(2)4;3-2(4,5)1(6)7/h3H,1-2H3;1H2,(H,7,8);3H,4H2,1-2H3;(H,6,7). The van der Waals surface area contributed by atoms with Crippen LogP contribution in [0.15, 0.2) is 0 Å². The minimum Gasteiger partial charge on any atom is -0.479 e. The van der Waals surface area contributed by atoms with E-state index in [1.54, 1.807) is 13.8 Å². The molecule has 0 amide bonds. The molecule has 0 aliphatic carbocycles. The van der Waals surface area contributed by atoms with Crippen LogP contribution in [0.4, 0.5) is 0 Å². The molecule has 0 aromatic carbocycles. The lowest BCUT2D eigenvalue weighted by atomic mass is 10.5. The first-order valence-electron chi connectivity index (χ1n) is 7.02. The molecule has 16 heteroatoms. The Morgan fingerprint density at radius 2 is 1.10 bits per heavy atom. The van der Waals surface area contributed by atoms with Gasteiger partial charge in [-0.3, -0.25) is 0 Å². The number of alkyl halides is 9. The zero-order valence-corrected chi connectivity index (χ0v) is 22.2. The van der Waals surface area contributed by atoms with Crippen LogP contribution in [0.3, 0.4) is 0 Å². The number of carboxylic acid groups (broad SMARTS) is 2. The van der Waals surface area contributed by atoms with Crippen molar-refractivity contribution in [2.24, 2.45) is 5.73 Å². The molecule has 7 nitrogen and oxygen atoms in total. The summed E-state index contributed by atoms with van der Waals surface area (Å²) in [6, 6.07) is 0.333. The van der Waals surface area contributed by atoms with Gasteiger partial charge in [0.2, 0.25) is 4.33 Å². The zero-order valence-electron chi connectivity index (χ0n) is 15.4. The van der Waals surface area contributed by atoms with Gasteiger partial charge >= 0.3 is 17.9 Å². The second kappa shape index (κ2) is 17.5. The van der Waals surface area contributed by atoms with E-state index in [1.165, 1.54) is 0 Å². The average molecular weight is 605 g/mol. The van der Waals surface area contributed by atoms with Gasteiger partial charge < -0.3 is 20.7 Å². The predicted molar refractivity (Wildman–Crippen MR) is 122 cm³/mol. The van der Waals surface area contributed by atoms with Crippen LogP contribution in [-0.2, 0) is 19.1 Å². The first-order chi connectivity index (χ1) is 12.5. The van der Waals surface area contributed by atoms with E-state index in [9.17, 15) is 14.4 Å². The van der Waals surface area contributed by atoms with Gasteiger partial charge in [-0.1, -0.05) is 107 Å². The van der Waals surface area contributed by atoms with Gasteiger partial charge in [0, 0.05) is 0 Å². The van der Waals surface area contributed by atoms with Gasteiger partial charge in [0.05, 0.1) is 12.0 Å². The molecular formula is C13H20Cl9NO6. The van der Waals surface area contributed by atoms with Crippen molar-refractivity contribution < 1.29 is 29.3 Å². The number of halogens is 9. The Bertz CT molecular complexity index is 487. The Labute approximate surface area is 213 Å². The van der Waals surface area contributed by atoms with E-state index < -0.39 is 29.8 Å². The van der Waals surface area contributed by atoms with Gasteiger partial charge in [-0.15, -0.1) is 11.6 Å². The normalized spacial score (nSPS) is 11.2. The summed E-state index contributed by atoms with van der Waals surface area (Å²) in [4.78, 5) is 30.2. The number of esters is 1. The van der Waals surface area contributed by atoms with Crippen LogP contribution in [0.1, 0.15) is 27.7 Å². The second-order valence-corrected chi connectivity index (χ2v) is 11.5. The van der Waals surface area contributed by atoms with Gasteiger partial charge in [0.25, 0.3) is 7.59 Å². The van der Waals surface area contributed by atoms with Crippen LogP contribution in [0, 0.1) is 0 Å². The van der Waals surface area contributed by atoms with Crippen LogP contribution in [0.5, 0.6) is 0 Å². The van der Waals surface area contributed by atoms with E-state index >= 15 is 0 Å². The van der Waals surface area contributed by atoms with Crippen molar-refractivity contribution in [3.8, 4) is 0 Å². The monoisotopic (exact) mass is 601 g/mol. The highest BCUT2D eigenvalue weighted by Crippen LogP contribution is 2.27. The lowest BCUT2D eigenvalue weighted by molar-refractivity contribution is -0.146. The Morgan fingerprint density at radius 3 is 1.14 bits per heavy atom. The highest BCUT2D eigenvalue weighted by molar-refractivity contribution is 6.76. The molecule has 4 N–H and O–H groups in total. The number of nitrogens with two attached hydrogens (primary N) is 1. The molecular weight excluding hydrogens is 585 g/mol. The third-order valence-corrected chi connectivity index (χ3v) is 3.51. The number of rotatable bonds is 3. The van der Waals surface area contributed by atoms with E-state index in [-0.39, 0.29) is 12.0 Å². The van der Waals surface area contributed by atoms with Crippen molar-refractivity contribution in [2.45, 2.75) is 51.8 Å². The minimum absolute atomic E-state index is 0.261. The van der Waals surface area contributed by atoms with E-state index in [0.29, 0.717) is 6.04 Å². The van der Waals surface area contributed by atoms with Crippen molar-refractivity contribution in [1.29, 1.82) is 0 Å². The third-order valence-electron chi connectivity index (χ3n) is 1.30. The number of carboxylic acids is 2. The summed E-state index contributed by atoms with van der Waals surface area (Å²) in [5, 5.41) is 15.9. The predicted octanol–water partition coefficient (Wildman–Crippen LogP) is 5.59. The molecule has 0 rings (SSSR count). The van der Waals surface area contributed by atoms with Crippen molar-refractivity contribution in [2.75, 3.05) is 5.88 Å². The summed E-state index contributed by atoms with van der Waals surface area (Å²) >= 11 is 45.2. The molecule has 0 heterocycles. The second-order valence-electron chi connectivity index (χ2n) is 5.14. The smallest absolute Gasteiger partial charge is 0.358 e. The molecule has 0 radical (unpaired) electrons. The molecule has 0 spiro atoms. The lowest BCUT2D eigenvalue weighted by Gasteiger charge is -2.12. The number of hydrogen-bond acceptors (Lipinski definition) is 5. The molecule has 0 saturated heterocycles. The fourth-order valence-corrected chi connectivity index (χ4v) is 0.586. The van der Waals surface area contributed by atoms with Crippen molar-refractivity contribution in [1.82, 2.24) is 0 Å². The maximum atomic E-state index is 10.7. The van der Waals surface area contributed by atoms with E-state index in [0.717, 1.165) is 0 Å². The zero-order chi connectivity index (χ0) is 24.8. The maximum absolute atomic E-state index is 10.7. The molecule has 0 atom stereocenters. The highest BCUT2D eigenvalue weighted by atomic mass is 35.6. The number of aliphatic carboxylic acids is 2. The fourth-order valence-electron chi connectivity index (χ4n) is 0.338. The Hall–Kier alpha value is 0.980. The number of carbonyl (C=O) groups is 3. The van der Waals surface area contributed by atoms with Crippen LogP contribution < -0.4 is 5.73 Å². The molecule has 0 bridgehead atoms. The summed E-state index contributed by atoms with van der Waals surface area (Å²) in [5.41, 5.74) is 5.11. The van der Waals surface area contributed by atoms with E-state index in [2.05, 4.69) is 4.74 Å². The van der Waals surface area contributed by atoms with Crippen LogP contribution >= 0.6 is 104 Å². The molecule has 0 unspecified atom stereocenters. The molecule has 0 aromatic rings. The van der Waals surface area contributed by atoms with Gasteiger partial charge in [0.1, 0.15) is 0 Å². The first-order valence-corrected chi connectivity index (χ1v) is 10.6. The summed E-state index contributed by atoms with van der Waals surface area (Å²) in [5.74, 6) is -3.94. The maximum Gasteiger partial charge on any atom is 0.358 e. The Balaban J connectivity index is -0.000000150. The summed E-state index contributed by atoms with van der Waals surface area (Å²) in [7, 11) is 0. The van der Waals surface area contributed by atoms with E-state index in [4.69, 9.17) is 120 Å². The largest absolute Gasteiger partial charge is 0.479 e. The number of hydrogen-bond donors (Lipinski definition) is 3. The van der Waals surface area contributed by atoms with Gasteiger partial charge in [-0.25, -0.2) is 14.4 Å². The molecule has 0 aliphatic heterocycles. The molecule has 0 fully saturated rings. The fraction of sp³-hybridized carbons (Fsp3) is 0.769. The topological polar surface area (TPSA) is 127 Å². The molecule has 0 saturated carbocycles. The van der Waals surface area contributed by atoms with Crippen molar-refractivity contribution in [3.63, 3.8) is 0 Å². The average Bonchev–Trinajstić information content (AvgIpc) is 2.45. The Kier molecular flexibility index (Phi) is 22.5. The molecule has 0 aromatic heterocycles. The summed E-state index contributed by atoms with van der Waals surface area (Å²) in [6.07, 6.45) is -0.261. The van der Waals surface area contributed by atoms with Crippen molar-refractivity contribution in [3.05, 3.63) is 0 Å². The van der Waals surface area contributed by atoms with Gasteiger partial charge in [-0.05, 0) is 19.9 Å². The summed E-state index contributed by atoms with van der Waals surface area (Å²) in [6.45, 7) is 7.24. The lowest BCUT2D eigenvalue weighted by Crippen LogP contribution is -2.26. The van der Waals surface area contributed by atoms with E-state index in [1.807, 2.05) is 13.8 Å². The van der Waals surface area contributed by atoms with Gasteiger partial charge in [0.15, 0.2) is 0 Å². The number of ether oxygens (including phenoxy) is 1. The molecule has 0 aliphatic rings. The Morgan fingerprint density at radius 1 is 0.828 bits per heavy atom. The van der Waals surface area contributed by atoms with Crippen molar-refractivity contribution >= 4 is 122 Å². The highest BCUT2D eigenvalue weighted by Gasteiger charge is 2.33. The molecule has 29 heavy (non-hydrogen) atoms.